The van der Waals surface area contributed by atoms with Gasteiger partial charge in [0.25, 0.3) is 11.8 Å². The summed E-state index contributed by atoms with van der Waals surface area (Å²) in [6.45, 7) is 3.63. The molecule has 1 heterocycles. The maximum absolute atomic E-state index is 12.4. The molecule has 2 aromatic carbocycles. The highest BCUT2D eigenvalue weighted by molar-refractivity contribution is 6.04. The zero-order chi connectivity index (χ0) is 16.9. The second-order valence-corrected chi connectivity index (χ2v) is 6.25. The largest absolute Gasteiger partial charge is 0.339 e. The Morgan fingerprint density at radius 2 is 1.62 bits per heavy atom. The van der Waals surface area contributed by atoms with Crippen LogP contribution in [0.15, 0.2) is 48.5 Å². The summed E-state index contributed by atoms with van der Waals surface area (Å²) in [4.78, 5) is 26.6. The third-order valence-electron chi connectivity index (χ3n) is 4.31. The number of hydrogen-bond donors (Lipinski definition) is 1. The van der Waals surface area contributed by atoms with Gasteiger partial charge in [0, 0.05) is 29.9 Å². The highest BCUT2D eigenvalue weighted by atomic mass is 16.2. The number of aryl methyl sites for hydroxylation is 1. The van der Waals surface area contributed by atoms with E-state index in [0.717, 1.165) is 31.5 Å². The molecular weight excluding hydrogens is 300 g/mol. The normalized spacial score (nSPS) is 14.3. The lowest BCUT2D eigenvalue weighted by Crippen LogP contribution is -2.35. The summed E-state index contributed by atoms with van der Waals surface area (Å²) in [5, 5.41) is 2.87. The zero-order valence-corrected chi connectivity index (χ0v) is 13.9. The Morgan fingerprint density at radius 1 is 0.917 bits per heavy atom. The number of carbonyl (C=O) groups excluding carboxylic acids is 2. The minimum absolute atomic E-state index is 0.0752. The van der Waals surface area contributed by atoms with Crippen LogP contribution in [0.5, 0.6) is 0 Å². The van der Waals surface area contributed by atoms with Gasteiger partial charge >= 0.3 is 0 Å². The number of nitrogens with zero attached hydrogens (tertiary/aromatic N) is 1. The maximum Gasteiger partial charge on any atom is 0.255 e. The van der Waals surface area contributed by atoms with Crippen LogP contribution >= 0.6 is 0 Å². The van der Waals surface area contributed by atoms with Crippen molar-refractivity contribution in [2.45, 2.75) is 26.2 Å². The van der Waals surface area contributed by atoms with Crippen LogP contribution in [-0.2, 0) is 0 Å². The number of hydrogen-bond acceptors (Lipinski definition) is 2. The monoisotopic (exact) mass is 322 g/mol. The standard InChI is InChI=1S/C20H22N2O2/c1-15-6-5-7-17(14-15)19(23)21-18-10-8-16(9-11-18)20(24)22-12-3-2-4-13-22/h5-11,14H,2-4,12-13H2,1H3,(H,21,23). The molecule has 24 heavy (non-hydrogen) atoms. The van der Waals surface area contributed by atoms with Crippen LogP contribution < -0.4 is 5.32 Å². The Morgan fingerprint density at radius 3 is 2.29 bits per heavy atom. The van der Waals surface area contributed by atoms with E-state index < -0.39 is 0 Å². The molecule has 124 valence electrons. The van der Waals surface area contributed by atoms with Gasteiger partial charge in [0.1, 0.15) is 0 Å². The summed E-state index contributed by atoms with van der Waals surface area (Å²) in [5.74, 6) is -0.0694. The molecule has 1 aliphatic heterocycles. The van der Waals surface area contributed by atoms with E-state index in [1.165, 1.54) is 6.42 Å². The molecule has 2 amide bonds. The van der Waals surface area contributed by atoms with E-state index in [2.05, 4.69) is 5.32 Å². The van der Waals surface area contributed by atoms with Crippen LogP contribution in [0.4, 0.5) is 5.69 Å². The molecule has 2 aromatic rings. The van der Waals surface area contributed by atoms with Crippen LogP contribution in [-0.4, -0.2) is 29.8 Å². The van der Waals surface area contributed by atoms with E-state index in [9.17, 15) is 9.59 Å². The third-order valence-corrected chi connectivity index (χ3v) is 4.31. The van der Waals surface area contributed by atoms with Crippen molar-refractivity contribution < 1.29 is 9.59 Å². The van der Waals surface area contributed by atoms with Crippen LogP contribution in [0.1, 0.15) is 45.5 Å². The lowest BCUT2D eigenvalue weighted by atomic mass is 10.1. The average Bonchev–Trinajstić information content (AvgIpc) is 2.62. The molecule has 0 aromatic heterocycles. The predicted molar refractivity (Wildman–Crippen MR) is 95.3 cm³/mol. The van der Waals surface area contributed by atoms with Crippen LogP contribution in [0.3, 0.4) is 0 Å². The molecular formula is C20H22N2O2. The molecule has 0 saturated carbocycles. The second kappa shape index (κ2) is 7.30. The van der Waals surface area contributed by atoms with Crippen molar-refractivity contribution in [2.75, 3.05) is 18.4 Å². The molecule has 0 spiro atoms. The number of rotatable bonds is 3. The zero-order valence-electron chi connectivity index (χ0n) is 13.9. The molecule has 0 atom stereocenters. The Hall–Kier alpha value is -2.62. The van der Waals surface area contributed by atoms with Gasteiger partial charge in [-0.15, -0.1) is 0 Å². The van der Waals surface area contributed by atoms with Gasteiger partial charge in [-0.25, -0.2) is 0 Å². The van der Waals surface area contributed by atoms with Gasteiger partial charge < -0.3 is 10.2 Å². The summed E-state index contributed by atoms with van der Waals surface area (Å²) in [6.07, 6.45) is 3.36. The lowest BCUT2D eigenvalue weighted by Gasteiger charge is -2.26. The molecule has 0 aliphatic carbocycles. The molecule has 3 rings (SSSR count). The van der Waals surface area contributed by atoms with Crippen LogP contribution in [0.25, 0.3) is 0 Å². The van der Waals surface area contributed by atoms with Gasteiger partial charge in [-0.05, 0) is 62.6 Å². The van der Waals surface area contributed by atoms with Crippen molar-refractivity contribution in [3.8, 4) is 0 Å². The van der Waals surface area contributed by atoms with Gasteiger partial charge in [-0.3, -0.25) is 9.59 Å². The Labute approximate surface area is 142 Å². The number of benzene rings is 2. The van der Waals surface area contributed by atoms with E-state index in [0.29, 0.717) is 16.8 Å². The number of anilines is 1. The summed E-state index contributed by atoms with van der Waals surface area (Å²) >= 11 is 0. The molecule has 1 saturated heterocycles. The van der Waals surface area contributed by atoms with Crippen molar-refractivity contribution in [3.63, 3.8) is 0 Å². The fourth-order valence-corrected chi connectivity index (χ4v) is 2.97. The van der Waals surface area contributed by atoms with Crippen molar-refractivity contribution in [1.29, 1.82) is 0 Å². The van der Waals surface area contributed by atoms with Crippen LogP contribution in [0, 0.1) is 6.92 Å². The lowest BCUT2D eigenvalue weighted by molar-refractivity contribution is 0.0724. The molecule has 4 heteroatoms. The molecule has 1 N–H and O–H groups in total. The first-order valence-corrected chi connectivity index (χ1v) is 8.41. The van der Waals surface area contributed by atoms with Crippen molar-refractivity contribution in [2.24, 2.45) is 0 Å². The molecule has 4 nitrogen and oxygen atoms in total. The first kappa shape index (κ1) is 16.2. The molecule has 1 fully saturated rings. The fraction of sp³-hybridized carbons (Fsp3) is 0.300. The quantitative estimate of drug-likeness (QED) is 0.932. The van der Waals surface area contributed by atoms with E-state index in [4.69, 9.17) is 0 Å². The van der Waals surface area contributed by atoms with Gasteiger partial charge in [0.15, 0.2) is 0 Å². The minimum atomic E-state index is -0.145. The summed E-state index contributed by atoms with van der Waals surface area (Å²) in [5.41, 5.74) is 3.04. The number of amides is 2. The van der Waals surface area contributed by atoms with Crippen LogP contribution in [0.2, 0.25) is 0 Å². The first-order valence-electron chi connectivity index (χ1n) is 8.41. The number of piperidine rings is 1. The van der Waals surface area contributed by atoms with Gasteiger partial charge in [-0.2, -0.15) is 0 Å². The average molecular weight is 322 g/mol. The van der Waals surface area contributed by atoms with Gasteiger partial charge in [0.2, 0.25) is 0 Å². The smallest absolute Gasteiger partial charge is 0.255 e. The fourth-order valence-electron chi connectivity index (χ4n) is 2.97. The van der Waals surface area contributed by atoms with Crippen molar-refractivity contribution in [3.05, 3.63) is 65.2 Å². The SMILES string of the molecule is Cc1cccc(C(=O)Nc2ccc(C(=O)N3CCCCC3)cc2)c1. The molecule has 0 bridgehead atoms. The molecule has 1 aliphatic rings. The first-order chi connectivity index (χ1) is 11.6. The number of nitrogens with one attached hydrogen (secondary N) is 1. The Balaban J connectivity index is 1.66. The van der Waals surface area contributed by atoms with Gasteiger partial charge in [-0.1, -0.05) is 17.7 Å². The summed E-state index contributed by atoms with van der Waals surface area (Å²) < 4.78 is 0. The minimum Gasteiger partial charge on any atom is -0.339 e. The third kappa shape index (κ3) is 3.82. The van der Waals surface area contributed by atoms with Gasteiger partial charge in [0.05, 0.1) is 0 Å². The highest BCUT2D eigenvalue weighted by Gasteiger charge is 2.18. The van der Waals surface area contributed by atoms with Crippen molar-refractivity contribution >= 4 is 17.5 Å². The summed E-state index contributed by atoms with van der Waals surface area (Å²) in [6, 6.07) is 14.6. The number of likely N-dealkylation sites (tertiary alicyclic amines) is 1. The number of carbonyl (C=O) groups is 2. The Bertz CT molecular complexity index is 732. The summed E-state index contributed by atoms with van der Waals surface area (Å²) in [7, 11) is 0. The van der Waals surface area contributed by atoms with E-state index in [-0.39, 0.29) is 11.8 Å². The topological polar surface area (TPSA) is 49.4 Å². The van der Waals surface area contributed by atoms with E-state index >= 15 is 0 Å². The highest BCUT2D eigenvalue weighted by Crippen LogP contribution is 2.16. The Kier molecular flexibility index (Phi) is 4.94. The molecule has 0 radical (unpaired) electrons. The van der Waals surface area contributed by atoms with E-state index in [1.807, 2.05) is 30.0 Å². The molecule has 0 unspecified atom stereocenters. The second-order valence-electron chi connectivity index (χ2n) is 6.25. The van der Waals surface area contributed by atoms with Crippen molar-refractivity contribution in [1.82, 2.24) is 4.90 Å². The maximum atomic E-state index is 12.4. The van der Waals surface area contributed by atoms with E-state index in [1.54, 1.807) is 30.3 Å². The predicted octanol–water partition coefficient (Wildman–Crippen LogP) is 3.87.